The molecule has 0 spiro atoms. The molecule has 0 N–H and O–H groups in total. The van der Waals surface area contributed by atoms with Crippen molar-refractivity contribution in [3.8, 4) is 23.7 Å². The minimum atomic E-state index is 0.0216. The highest BCUT2D eigenvalue weighted by atomic mass is 14.2. The Kier molecular flexibility index (Phi) is 8.25. The van der Waals surface area contributed by atoms with Gasteiger partial charge in [-0.3, -0.25) is 0 Å². The molecule has 1 rings (SSSR count). The van der Waals surface area contributed by atoms with Crippen LogP contribution in [0.1, 0.15) is 95.9 Å². The van der Waals surface area contributed by atoms with E-state index < -0.39 is 0 Å². The molecular formula is C30H44. The first-order valence-electron chi connectivity index (χ1n) is 11.3. The van der Waals surface area contributed by atoms with Gasteiger partial charge in [-0.25, -0.2) is 0 Å². The van der Waals surface area contributed by atoms with Crippen molar-refractivity contribution >= 4 is 0 Å². The molecule has 0 saturated carbocycles. The third-order valence-electron chi connectivity index (χ3n) is 5.18. The minimum Gasteiger partial charge on any atom is -0.0685 e. The molecule has 0 aromatic carbocycles. The number of hydrogen-bond donors (Lipinski definition) is 0. The second-order valence-electron chi connectivity index (χ2n) is 12.4. The van der Waals surface area contributed by atoms with Crippen LogP contribution in [0, 0.1) is 45.3 Å². The van der Waals surface area contributed by atoms with Crippen molar-refractivity contribution in [2.45, 2.75) is 95.9 Å². The molecular weight excluding hydrogens is 360 g/mol. The summed E-state index contributed by atoms with van der Waals surface area (Å²) in [6, 6.07) is 0. The Balaban J connectivity index is 3.71. The predicted octanol–water partition coefficient (Wildman–Crippen LogP) is 8.68. The van der Waals surface area contributed by atoms with Gasteiger partial charge in [-0.15, -0.1) is 0 Å². The molecule has 1 aliphatic carbocycles. The summed E-state index contributed by atoms with van der Waals surface area (Å²) in [5, 5.41) is 0. The van der Waals surface area contributed by atoms with E-state index in [0.29, 0.717) is 0 Å². The first-order valence-corrected chi connectivity index (χ1v) is 11.3. The molecule has 0 heteroatoms. The van der Waals surface area contributed by atoms with Gasteiger partial charge in [-0.2, -0.15) is 0 Å². The second kappa shape index (κ2) is 9.48. The number of allylic oxidation sites excluding steroid dienone is 8. The number of hydrogen-bond acceptors (Lipinski definition) is 0. The predicted molar refractivity (Wildman–Crippen MR) is 135 cm³/mol. The smallest absolute Gasteiger partial charge is 0.00408 e. The lowest BCUT2D eigenvalue weighted by Crippen LogP contribution is -2.12. The minimum absolute atomic E-state index is 0.0216. The molecule has 1 aliphatic rings. The van der Waals surface area contributed by atoms with Crippen LogP contribution in [0.2, 0.25) is 0 Å². The van der Waals surface area contributed by atoms with Gasteiger partial charge < -0.3 is 0 Å². The fourth-order valence-electron chi connectivity index (χ4n) is 3.04. The molecule has 0 nitrogen and oxygen atoms in total. The van der Waals surface area contributed by atoms with E-state index in [1.165, 1.54) is 22.3 Å². The highest BCUT2D eigenvalue weighted by molar-refractivity contribution is 5.46. The molecule has 164 valence electrons. The average molecular weight is 405 g/mol. The maximum atomic E-state index is 3.52. The van der Waals surface area contributed by atoms with Crippen LogP contribution in [0.4, 0.5) is 0 Å². The van der Waals surface area contributed by atoms with E-state index in [0.717, 1.165) is 12.8 Å². The molecule has 0 radical (unpaired) electrons. The Bertz CT molecular complexity index is 715. The van der Waals surface area contributed by atoms with Gasteiger partial charge in [0.2, 0.25) is 0 Å². The van der Waals surface area contributed by atoms with Gasteiger partial charge in [0, 0.05) is 22.3 Å². The van der Waals surface area contributed by atoms with E-state index in [1.807, 2.05) is 0 Å². The van der Waals surface area contributed by atoms with Crippen LogP contribution in [0.3, 0.4) is 0 Å². The van der Waals surface area contributed by atoms with E-state index >= 15 is 0 Å². The zero-order chi connectivity index (χ0) is 23.4. The average Bonchev–Trinajstić information content (AvgIpc) is 2.51. The zero-order valence-corrected chi connectivity index (χ0v) is 21.7. The van der Waals surface area contributed by atoms with Crippen LogP contribution in [0.15, 0.2) is 46.6 Å². The molecule has 0 saturated heterocycles. The lowest BCUT2D eigenvalue weighted by atomic mass is 9.81. The summed E-state index contributed by atoms with van der Waals surface area (Å²) >= 11 is 0. The van der Waals surface area contributed by atoms with E-state index in [4.69, 9.17) is 0 Å². The Labute approximate surface area is 188 Å². The normalized spacial score (nSPS) is 17.2. The van der Waals surface area contributed by atoms with Gasteiger partial charge in [-0.05, 0) is 34.5 Å². The monoisotopic (exact) mass is 404 g/mol. The van der Waals surface area contributed by atoms with Crippen molar-refractivity contribution in [1.29, 1.82) is 0 Å². The molecule has 0 aliphatic heterocycles. The Hall–Kier alpha value is -1.92. The molecule has 0 amide bonds. The van der Waals surface area contributed by atoms with Crippen molar-refractivity contribution in [2.75, 3.05) is 0 Å². The van der Waals surface area contributed by atoms with Gasteiger partial charge >= 0.3 is 0 Å². The number of rotatable bonds is 0. The first kappa shape index (κ1) is 26.1. The Morgan fingerprint density at radius 3 is 0.700 bits per heavy atom. The van der Waals surface area contributed by atoms with Crippen LogP contribution in [-0.2, 0) is 0 Å². The van der Waals surface area contributed by atoms with E-state index in [-0.39, 0.29) is 21.7 Å². The van der Waals surface area contributed by atoms with Gasteiger partial charge in [-0.1, -0.05) is 131 Å². The van der Waals surface area contributed by atoms with Crippen molar-refractivity contribution in [1.82, 2.24) is 0 Å². The largest absolute Gasteiger partial charge is 0.0685 e. The summed E-state index contributed by atoms with van der Waals surface area (Å²) in [4.78, 5) is 0. The molecule has 0 atom stereocenters. The van der Waals surface area contributed by atoms with Crippen LogP contribution in [0.5, 0.6) is 0 Å². The van der Waals surface area contributed by atoms with Gasteiger partial charge in [0.1, 0.15) is 0 Å². The second-order valence-corrected chi connectivity index (χ2v) is 12.4. The summed E-state index contributed by atoms with van der Waals surface area (Å²) in [6.07, 6.45) is 10.8. The van der Waals surface area contributed by atoms with Crippen LogP contribution >= 0.6 is 0 Å². The fourth-order valence-corrected chi connectivity index (χ4v) is 3.04. The summed E-state index contributed by atoms with van der Waals surface area (Å²) < 4.78 is 0. The van der Waals surface area contributed by atoms with E-state index in [9.17, 15) is 0 Å². The maximum absolute atomic E-state index is 3.52. The van der Waals surface area contributed by atoms with Crippen molar-refractivity contribution < 1.29 is 0 Å². The first-order chi connectivity index (χ1) is 13.4. The molecule has 30 heavy (non-hydrogen) atoms. The van der Waals surface area contributed by atoms with Gasteiger partial charge in [0.05, 0.1) is 0 Å². The SMILES string of the molecule is CC(C)(C)C1=CCC=C(C(C)(C)C)C#CC(C(C)(C)C)=CCC=C(C(C)(C)C)C#C1. The molecule has 0 bridgehead atoms. The third-order valence-corrected chi connectivity index (χ3v) is 5.18. The van der Waals surface area contributed by atoms with Crippen molar-refractivity contribution in [2.24, 2.45) is 21.7 Å². The highest BCUT2D eigenvalue weighted by Crippen LogP contribution is 2.31. The fraction of sp³-hybridized carbons (Fsp3) is 0.600. The Morgan fingerprint density at radius 2 is 0.567 bits per heavy atom. The van der Waals surface area contributed by atoms with Crippen LogP contribution in [-0.4, -0.2) is 0 Å². The topological polar surface area (TPSA) is 0 Å². The highest BCUT2D eigenvalue weighted by Gasteiger charge is 2.20. The van der Waals surface area contributed by atoms with Crippen molar-refractivity contribution in [3.05, 3.63) is 46.6 Å². The summed E-state index contributed by atoms with van der Waals surface area (Å²) in [6.45, 7) is 26.9. The van der Waals surface area contributed by atoms with Crippen molar-refractivity contribution in [3.63, 3.8) is 0 Å². The Morgan fingerprint density at radius 1 is 0.400 bits per heavy atom. The third kappa shape index (κ3) is 8.44. The molecule has 0 fully saturated rings. The zero-order valence-electron chi connectivity index (χ0n) is 21.7. The van der Waals surface area contributed by atoms with Crippen LogP contribution in [0.25, 0.3) is 0 Å². The lowest BCUT2D eigenvalue weighted by Gasteiger charge is -2.22. The van der Waals surface area contributed by atoms with Gasteiger partial charge in [0.25, 0.3) is 0 Å². The summed E-state index contributed by atoms with van der Waals surface area (Å²) in [5.41, 5.74) is 4.86. The van der Waals surface area contributed by atoms with E-state index in [2.05, 4.69) is 131 Å². The molecule has 0 unspecified atom stereocenters. The quantitative estimate of drug-likeness (QED) is 0.354. The molecule has 0 aromatic heterocycles. The standard InChI is InChI=1S/C30H44/c1-27(2,3)23-15-13-16-25(29(7,8)9)21-22-26(30(10,11)12)18-14-17-24(20-19-23)28(4,5)6/h15-18H,13-14H2,1-12H3. The van der Waals surface area contributed by atoms with Crippen LogP contribution < -0.4 is 0 Å². The maximum Gasteiger partial charge on any atom is 0.00408 e. The lowest BCUT2D eigenvalue weighted by molar-refractivity contribution is 0.511. The summed E-state index contributed by atoms with van der Waals surface area (Å²) in [5.74, 6) is 14.1. The van der Waals surface area contributed by atoms with Gasteiger partial charge in [0.15, 0.2) is 0 Å². The molecule has 0 aromatic rings. The summed E-state index contributed by atoms with van der Waals surface area (Å²) in [7, 11) is 0. The molecule has 0 heterocycles. The van der Waals surface area contributed by atoms with E-state index in [1.54, 1.807) is 0 Å².